The summed E-state index contributed by atoms with van der Waals surface area (Å²) in [7, 11) is -3.75. The number of aryl methyl sites for hydroxylation is 1. The molecule has 1 atom stereocenters. The lowest BCUT2D eigenvalue weighted by Crippen LogP contribution is -2.34. The standard InChI is InChI=1S/C19H20Cl2N2O3S/c1-12(17-7-5-15(20)11-18(17)21)22-27(25,26)16-6-8-19-14(10-16)4-3-9-23(19)13(2)24/h5-8,10-12,22H,3-4,9H2,1-2H3/t12-/m0/s1. The van der Waals surface area contributed by atoms with Crippen LogP contribution in [0.3, 0.4) is 0 Å². The van der Waals surface area contributed by atoms with E-state index in [9.17, 15) is 13.2 Å². The molecule has 144 valence electrons. The van der Waals surface area contributed by atoms with Crippen LogP contribution in [-0.2, 0) is 21.2 Å². The van der Waals surface area contributed by atoms with Crippen molar-refractivity contribution in [3.05, 3.63) is 57.6 Å². The second kappa shape index (κ2) is 7.80. The van der Waals surface area contributed by atoms with E-state index in [1.165, 1.54) is 13.0 Å². The van der Waals surface area contributed by atoms with Crippen LogP contribution in [0, 0.1) is 0 Å². The first-order valence-electron chi connectivity index (χ1n) is 8.57. The summed E-state index contributed by atoms with van der Waals surface area (Å²) in [5.41, 5.74) is 2.28. The van der Waals surface area contributed by atoms with Gasteiger partial charge in [0.1, 0.15) is 0 Å². The molecule has 5 nitrogen and oxygen atoms in total. The van der Waals surface area contributed by atoms with Gasteiger partial charge in [0.25, 0.3) is 0 Å². The Labute approximate surface area is 169 Å². The van der Waals surface area contributed by atoms with Crippen molar-refractivity contribution < 1.29 is 13.2 Å². The number of nitrogens with one attached hydrogen (secondary N) is 1. The highest BCUT2D eigenvalue weighted by atomic mass is 35.5. The minimum Gasteiger partial charge on any atom is -0.312 e. The monoisotopic (exact) mass is 426 g/mol. The van der Waals surface area contributed by atoms with Crippen molar-refractivity contribution in [2.45, 2.75) is 37.6 Å². The maximum atomic E-state index is 12.8. The van der Waals surface area contributed by atoms with E-state index in [0.717, 1.165) is 24.1 Å². The molecule has 27 heavy (non-hydrogen) atoms. The van der Waals surface area contributed by atoms with E-state index in [4.69, 9.17) is 23.2 Å². The predicted octanol–water partition coefficient (Wildman–Crippen LogP) is 4.33. The van der Waals surface area contributed by atoms with Crippen molar-refractivity contribution in [1.82, 2.24) is 4.72 Å². The SMILES string of the molecule is CC(=O)N1CCCc2cc(S(=O)(=O)N[C@@H](C)c3ccc(Cl)cc3Cl)ccc21. The Hall–Kier alpha value is -1.60. The lowest BCUT2D eigenvalue weighted by atomic mass is 10.0. The van der Waals surface area contributed by atoms with Crippen LogP contribution >= 0.6 is 23.2 Å². The topological polar surface area (TPSA) is 66.5 Å². The van der Waals surface area contributed by atoms with Gasteiger partial charge in [0.2, 0.25) is 15.9 Å². The number of rotatable bonds is 4. The third kappa shape index (κ3) is 4.29. The number of halogens is 2. The van der Waals surface area contributed by atoms with Crippen LogP contribution in [-0.4, -0.2) is 20.9 Å². The van der Waals surface area contributed by atoms with Crippen LogP contribution in [0.2, 0.25) is 10.0 Å². The number of carbonyl (C=O) groups excluding carboxylic acids is 1. The maximum Gasteiger partial charge on any atom is 0.241 e. The number of hydrogen-bond donors (Lipinski definition) is 1. The fourth-order valence-electron chi connectivity index (χ4n) is 3.28. The Morgan fingerprint density at radius 2 is 1.93 bits per heavy atom. The second-order valence-electron chi connectivity index (χ2n) is 6.57. The molecule has 8 heteroatoms. The summed E-state index contributed by atoms with van der Waals surface area (Å²) in [6, 6.07) is 9.30. The van der Waals surface area contributed by atoms with E-state index in [1.807, 2.05) is 0 Å². The molecule has 0 bridgehead atoms. The largest absolute Gasteiger partial charge is 0.312 e. The zero-order chi connectivity index (χ0) is 19.8. The quantitative estimate of drug-likeness (QED) is 0.790. The molecule has 0 fully saturated rings. The number of anilines is 1. The van der Waals surface area contributed by atoms with Crippen molar-refractivity contribution in [2.75, 3.05) is 11.4 Å². The average Bonchev–Trinajstić information content (AvgIpc) is 2.60. The molecule has 1 N–H and O–H groups in total. The maximum absolute atomic E-state index is 12.8. The Morgan fingerprint density at radius 3 is 2.59 bits per heavy atom. The zero-order valence-corrected chi connectivity index (χ0v) is 17.3. The summed E-state index contributed by atoms with van der Waals surface area (Å²) in [4.78, 5) is 13.6. The smallest absolute Gasteiger partial charge is 0.241 e. The molecule has 2 aromatic carbocycles. The molecule has 2 aromatic rings. The number of amides is 1. The molecule has 1 heterocycles. The summed E-state index contributed by atoms with van der Waals surface area (Å²) < 4.78 is 28.3. The molecule has 1 amide bonds. The molecule has 0 radical (unpaired) electrons. The highest BCUT2D eigenvalue weighted by Gasteiger charge is 2.24. The number of hydrogen-bond acceptors (Lipinski definition) is 3. The molecule has 1 aliphatic rings. The van der Waals surface area contributed by atoms with Gasteiger partial charge in [-0.05, 0) is 61.2 Å². The fourth-order valence-corrected chi connectivity index (χ4v) is 5.13. The van der Waals surface area contributed by atoms with Crippen LogP contribution in [0.15, 0.2) is 41.3 Å². The Bertz CT molecular complexity index is 992. The number of benzene rings is 2. The summed E-state index contributed by atoms with van der Waals surface area (Å²) in [5.74, 6) is -0.0457. The van der Waals surface area contributed by atoms with Crippen LogP contribution in [0.4, 0.5) is 5.69 Å². The number of fused-ring (bicyclic) bond motifs is 1. The predicted molar refractivity (Wildman–Crippen MR) is 108 cm³/mol. The van der Waals surface area contributed by atoms with E-state index >= 15 is 0 Å². The van der Waals surface area contributed by atoms with Gasteiger partial charge in [-0.1, -0.05) is 29.3 Å². The lowest BCUT2D eigenvalue weighted by Gasteiger charge is -2.29. The molecular weight excluding hydrogens is 407 g/mol. The van der Waals surface area contributed by atoms with E-state index in [2.05, 4.69) is 4.72 Å². The fraction of sp³-hybridized carbons (Fsp3) is 0.316. The Balaban J connectivity index is 1.88. The molecule has 3 rings (SSSR count). The van der Waals surface area contributed by atoms with Gasteiger partial charge in [0.05, 0.1) is 4.90 Å². The highest BCUT2D eigenvalue weighted by molar-refractivity contribution is 7.89. The minimum absolute atomic E-state index is 0.0457. The van der Waals surface area contributed by atoms with Crippen molar-refractivity contribution >= 4 is 44.8 Å². The van der Waals surface area contributed by atoms with Crippen molar-refractivity contribution in [2.24, 2.45) is 0 Å². The minimum atomic E-state index is -3.75. The van der Waals surface area contributed by atoms with Crippen LogP contribution in [0.25, 0.3) is 0 Å². The van der Waals surface area contributed by atoms with Crippen LogP contribution < -0.4 is 9.62 Å². The van der Waals surface area contributed by atoms with Gasteiger partial charge in [-0.15, -0.1) is 0 Å². The van der Waals surface area contributed by atoms with Crippen LogP contribution in [0.5, 0.6) is 0 Å². The van der Waals surface area contributed by atoms with Gasteiger partial charge >= 0.3 is 0 Å². The van der Waals surface area contributed by atoms with E-state index in [-0.39, 0.29) is 10.8 Å². The van der Waals surface area contributed by atoms with Gasteiger partial charge in [-0.2, -0.15) is 0 Å². The Morgan fingerprint density at radius 1 is 1.19 bits per heavy atom. The van der Waals surface area contributed by atoms with Gasteiger partial charge < -0.3 is 4.90 Å². The van der Waals surface area contributed by atoms with Crippen molar-refractivity contribution in [1.29, 1.82) is 0 Å². The second-order valence-corrected chi connectivity index (χ2v) is 9.13. The molecular formula is C19H20Cl2N2O3S. The normalized spacial score (nSPS) is 15.3. The molecule has 0 saturated carbocycles. The van der Waals surface area contributed by atoms with E-state index in [0.29, 0.717) is 22.2 Å². The van der Waals surface area contributed by atoms with E-state index in [1.54, 1.807) is 42.2 Å². The third-order valence-corrected chi connectivity index (χ3v) is 6.72. The van der Waals surface area contributed by atoms with Crippen LogP contribution in [0.1, 0.15) is 37.4 Å². The van der Waals surface area contributed by atoms with Gasteiger partial charge in [-0.25, -0.2) is 13.1 Å². The summed E-state index contributed by atoms with van der Waals surface area (Å²) in [6.45, 7) is 3.89. The molecule has 0 unspecified atom stereocenters. The van der Waals surface area contributed by atoms with Crippen molar-refractivity contribution in [3.63, 3.8) is 0 Å². The summed E-state index contributed by atoms with van der Waals surface area (Å²) in [6.07, 6.45) is 1.54. The molecule has 1 aliphatic heterocycles. The average molecular weight is 427 g/mol. The first-order chi connectivity index (χ1) is 12.7. The highest BCUT2D eigenvalue weighted by Crippen LogP contribution is 2.31. The zero-order valence-electron chi connectivity index (χ0n) is 15.0. The third-order valence-electron chi connectivity index (χ3n) is 4.62. The van der Waals surface area contributed by atoms with Gasteiger partial charge in [-0.3, -0.25) is 4.79 Å². The first-order valence-corrected chi connectivity index (χ1v) is 10.8. The molecule has 0 aliphatic carbocycles. The number of nitrogens with zero attached hydrogens (tertiary/aromatic N) is 1. The first kappa shape index (κ1) is 20.1. The molecule has 0 spiro atoms. The molecule has 0 aromatic heterocycles. The number of carbonyl (C=O) groups is 1. The van der Waals surface area contributed by atoms with Gasteiger partial charge in [0, 0.05) is 35.2 Å². The van der Waals surface area contributed by atoms with Gasteiger partial charge in [0.15, 0.2) is 0 Å². The summed E-state index contributed by atoms with van der Waals surface area (Å²) in [5, 5.41) is 0.892. The Kier molecular flexibility index (Phi) is 5.82. The summed E-state index contributed by atoms with van der Waals surface area (Å²) >= 11 is 12.1. The van der Waals surface area contributed by atoms with E-state index < -0.39 is 16.1 Å². The lowest BCUT2D eigenvalue weighted by molar-refractivity contribution is -0.116. The molecule has 0 saturated heterocycles. The van der Waals surface area contributed by atoms with Crippen molar-refractivity contribution in [3.8, 4) is 0 Å². The number of sulfonamides is 1.